The fourth-order valence-electron chi connectivity index (χ4n) is 0.0472. The minimum Gasteiger partial charge on any atom is -0.113 e. The van der Waals surface area contributed by atoms with E-state index in [0.29, 0.717) is 5.88 Å². The zero-order valence-corrected chi connectivity index (χ0v) is 3.55. The van der Waals surface area contributed by atoms with Gasteiger partial charge in [0.1, 0.15) is 0 Å². The van der Waals surface area contributed by atoms with Gasteiger partial charge in [-0.2, -0.15) is 0 Å². The lowest BCUT2D eigenvalue weighted by Gasteiger charge is -1.55. The number of rotatable bonds is 0. The van der Waals surface area contributed by atoms with Gasteiger partial charge in [-0.05, 0) is 0 Å². The highest BCUT2D eigenvalue weighted by Crippen LogP contribution is 1.63. The normalized spacial score (nSPS) is 5.20. The summed E-state index contributed by atoms with van der Waals surface area (Å²) in [6, 6.07) is 0. The molecule has 0 N–H and O–H groups in total. The number of halogens is 1. The summed E-state index contributed by atoms with van der Waals surface area (Å²) in [5.74, 6) is 5.29. The Bertz CT molecular complexity index is 55.8. The lowest BCUT2D eigenvalue weighted by atomic mass is 10.7. The summed E-state index contributed by atoms with van der Waals surface area (Å²) in [7, 11) is 0. The summed E-state index contributed by atoms with van der Waals surface area (Å²) in [6.45, 7) is 3.23. The molecule has 0 rings (SSSR count). The molecule has 0 heterocycles. The SMILES string of the molecule is [CH2]C#CCCl. The van der Waals surface area contributed by atoms with Crippen molar-refractivity contribution in [2.45, 2.75) is 0 Å². The average molecular weight is 87.5 g/mol. The maximum Gasteiger partial charge on any atom is 0.0835 e. The molecular formula is C4H4Cl. The first-order chi connectivity index (χ1) is 2.41. The van der Waals surface area contributed by atoms with Gasteiger partial charge in [-0.15, -0.1) is 17.5 Å². The van der Waals surface area contributed by atoms with Gasteiger partial charge in [0, 0.05) is 6.92 Å². The van der Waals surface area contributed by atoms with Crippen molar-refractivity contribution in [1.82, 2.24) is 0 Å². The first-order valence-corrected chi connectivity index (χ1v) is 1.76. The molecule has 0 bridgehead atoms. The van der Waals surface area contributed by atoms with Crippen LogP contribution >= 0.6 is 11.6 Å². The molecule has 0 nitrogen and oxygen atoms in total. The molecule has 0 aliphatic heterocycles. The van der Waals surface area contributed by atoms with Gasteiger partial charge < -0.3 is 0 Å². The van der Waals surface area contributed by atoms with Crippen LogP contribution in [0.25, 0.3) is 0 Å². The summed E-state index contributed by atoms with van der Waals surface area (Å²) >= 11 is 5.09. The van der Waals surface area contributed by atoms with Crippen molar-refractivity contribution in [2.24, 2.45) is 0 Å². The molecule has 5 heavy (non-hydrogen) atoms. The molecule has 27 valence electrons. The molecule has 0 amide bonds. The number of hydrogen-bond donors (Lipinski definition) is 0. The molecule has 0 saturated carbocycles. The van der Waals surface area contributed by atoms with E-state index in [1.807, 2.05) is 0 Å². The van der Waals surface area contributed by atoms with Gasteiger partial charge in [-0.1, -0.05) is 5.92 Å². The van der Waals surface area contributed by atoms with E-state index in [-0.39, 0.29) is 0 Å². The summed E-state index contributed by atoms with van der Waals surface area (Å²) in [5, 5.41) is 0. The van der Waals surface area contributed by atoms with E-state index in [1.54, 1.807) is 0 Å². The Hall–Kier alpha value is -0.150. The molecule has 0 atom stereocenters. The summed E-state index contributed by atoms with van der Waals surface area (Å²) in [5.41, 5.74) is 0. The van der Waals surface area contributed by atoms with Crippen LogP contribution in [0.1, 0.15) is 0 Å². The Morgan fingerprint density at radius 3 is 2.40 bits per heavy atom. The summed E-state index contributed by atoms with van der Waals surface area (Å²) in [4.78, 5) is 0. The lowest BCUT2D eigenvalue weighted by Crippen LogP contribution is -1.52. The maximum atomic E-state index is 5.09. The Kier molecular flexibility index (Phi) is 3.73. The van der Waals surface area contributed by atoms with Crippen molar-refractivity contribution in [3.8, 4) is 11.8 Å². The lowest BCUT2D eigenvalue weighted by molar-refractivity contribution is 1.91. The predicted molar refractivity (Wildman–Crippen MR) is 23.9 cm³/mol. The minimum atomic E-state index is 0.392. The topological polar surface area (TPSA) is 0 Å². The van der Waals surface area contributed by atoms with Gasteiger partial charge in [-0.3, -0.25) is 0 Å². The van der Waals surface area contributed by atoms with Crippen LogP contribution in [0, 0.1) is 18.8 Å². The molecule has 0 fully saturated rings. The van der Waals surface area contributed by atoms with Crippen LogP contribution in [-0.4, -0.2) is 5.88 Å². The standard InChI is InChI=1S/C4H4Cl/c1-2-3-4-5/h1,4H2. The van der Waals surface area contributed by atoms with Crippen LogP contribution < -0.4 is 0 Å². The molecule has 0 spiro atoms. The predicted octanol–water partition coefficient (Wildman–Crippen LogP) is 1.06. The van der Waals surface area contributed by atoms with Crippen molar-refractivity contribution in [3.05, 3.63) is 6.92 Å². The fraction of sp³-hybridized carbons (Fsp3) is 0.250. The van der Waals surface area contributed by atoms with E-state index in [0.717, 1.165) is 0 Å². The van der Waals surface area contributed by atoms with Crippen molar-refractivity contribution in [3.63, 3.8) is 0 Å². The molecule has 0 aliphatic rings. The Balaban J connectivity index is 2.81. The zero-order chi connectivity index (χ0) is 4.12. The Morgan fingerprint density at radius 1 is 1.80 bits per heavy atom. The molecule has 0 aromatic rings. The highest BCUT2D eigenvalue weighted by Gasteiger charge is 1.51. The smallest absolute Gasteiger partial charge is 0.0835 e. The second kappa shape index (κ2) is 3.85. The monoisotopic (exact) mass is 87.0 g/mol. The zero-order valence-electron chi connectivity index (χ0n) is 2.79. The first-order valence-electron chi connectivity index (χ1n) is 1.22. The van der Waals surface area contributed by atoms with Crippen LogP contribution in [-0.2, 0) is 0 Å². The van der Waals surface area contributed by atoms with Gasteiger partial charge in [0.15, 0.2) is 0 Å². The van der Waals surface area contributed by atoms with E-state index in [2.05, 4.69) is 18.8 Å². The van der Waals surface area contributed by atoms with Gasteiger partial charge in [0.2, 0.25) is 0 Å². The minimum absolute atomic E-state index is 0.392. The molecule has 0 aromatic heterocycles. The van der Waals surface area contributed by atoms with E-state index in [1.165, 1.54) is 0 Å². The fourth-order valence-corrected chi connectivity index (χ4v) is 0.142. The molecule has 0 aromatic carbocycles. The summed E-state index contributed by atoms with van der Waals surface area (Å²) in [6.07, 6.45) is 0. The Labute approximate surface area is 37.1 Å². The highest BCUT2D eigenvalue weighted by molar-refractivity contribution is 6.19. The summed E-state index contributed by atoms with van der Waals surface area (Å²) < 4.78 is 0. The van der Waals surface area contributed by atoms with Crippen LogP contribution in [0.3, 0.4) is 0 Å². The largest absolute Gasteiger partial charge is 0.113 e. The highest BCUT2D eigenvalue weighted by atomic mass is 35.5. The second-order valence-electron chi connectivity index (χ2n) is 0.487. The van der Waals surface area contributed by atoms with Gasteiger partial charge in [0.05, 0.1) is 5.88 Å². The molecule has 1 radical (unpaired) electrons. The third-order valence-corrected chi connectivity index (χ3v) is 0.325. The molecule has 0 unspecified atom stereocenters. The van der Waals surface area contributed by atoms with Gasteiger partial charge >= 0.3 is 0 Å². The van der Waals surface area contributed by atoms with Gasteiger partial charge in [-0.25, -0.2) is 0 Å². The third kappa shape index (κ3) is 3.85. The van der Waals surface area contributed by atoms with E-state index < -0.39 is 0 Å². The van der Waals surface area contributed by atoms with E-state index in [4.69, 9.17) is 11.6 Å². The van der Waals surface area contributed by atoms with Crippen molar-refractivity contribution in [2.75, 3.05) is 5.88 Å². The molecule has 0 saturated heterocycles. The second-order valence-corrected chi connectivity index (χ2v) is 0.754. The van der Waals surface area contributed by atoms with Crippen molar-refractivity contribution >= 4 is 11.6 Å². The maximum absolute atomic E-state index is 5.09. The van der Waals surface area contributed by atoms with Crippen molar-refractivity contribution < 1.29 is 0 Å². The molecular weight excluding hydrogens is 83.5 g/mol. The third-order valence-electron chi connectivity index (χ3n) is 0.192. The van der Waals surface area contributed by atoms with Crippen LogP contribution in [0.4, 0.5) is 0 Å². The first kappa shape index (κ1) is 4.85. The van der Waals surface area contributed by atoms with E-state index >= 15 is 0 Å². The van der Waals surface area contributed by atoms with E-state index in [9.17, 15) is 0 Å². The molecule has 1 heteroatoms. The van der Waals surface area contributed by atoms with Crippen LogP contribution in [0.15, 0.2) is 0 Å². The van der Waals surface area contributed by atoms with Gasteiger partial charge in [0.25, 0.3) is 0 Å². The van der Waals surface area contributed by atoms with Crippen molar-refractivity contribution in [1.29, 1.82) is 0 Å². The number of alkyl halides is 1. The van der Waals surface area contributed by atoms with Crippen LogP contribution in [0.5, 0.6) is 0 Å². The Morgan fingerprint density at radius 2 is 2.40 bits per heavy atom. The number of hydrogen-bond acceptors (Lipinski definition) is 0. The van der Waals surface area contributed by atoms with Crippen LogP contribution in [0.2, 0.25) is 0 Å². The molecule has 0 aliphatic carbocycles. The average Bonchev–Trinajstić information content (AvgIpc) is 1.41. The quantitative estimate of drug-likeness (QED) is 0.306.